The molecule has 0 aliphatic heterocycles. The van der Waals surface area contributed by atoms with E-state index in [1.807, 2.05) is 6.92 Å². The van der Waals surface area contributed by atoms with Gasteiger partial charge in [-0.2, -0.15) is 5.10 Å². The van der Waals surface area contributed by atoms with E-state index >= 15 is 0 Å². The minimum Gasteiger partial charge on any atom is -0.330 e. The van der Waals surface area contributed by atoms with Gasteiger partial charge in [-0.3, -0.25) is 19.5 Å². The molecule has 2 rings (SSSR count). The largest absolute Gasteiger partial charge is 0.331 e. The van der Waals surface area contributed by atoms with Crippen molar-refractivity contribution in [1.82, 2.24) is 19.6 Å². The standard InChI is InChI=1S/C9H12N6O2/c1-3-14-5-7(4-10-14)11-9-8(15(16)17)6-13(2)12-9/h4-6H,3H2,1-2H3,(H,11,12). The third-order valence-electron chi connectivity index (χ3n) is 2.23. The van der Waals surface area contributed by atoms with E-state index in [1.54, 1.807) is 24.1 Å². The molecule has 1 N–H and O–H groups in total. The number of nitro groups is 1. The molecule has 0 bridgehead atoms. The molecule has 0 amide bonds. The van der Waals surface area contributed by atoms with Crippen LogP contribution in [0, 0.1) is 10.1 Å². The number of aryl methyl sites for hydroxylation is 2. The van der Waals surface area contributed by atoms with Crippen molar-refractivity contribution in [3.63, 3.8) is 0 Å². The monoisotopic (exact) mass is 236 g/mol. The van der Waals surface area contributed by atoms with Gasteiger partial charge in [-0.05, 0) is 6.92 Å². The van der Waals surface area contributed by atoms with Crippen LogP contribution in [0.5, 0.6) is 0 Å². The first-order valence-corrected chi connectivity index (χ1v) is 5.07. The van der Waals surface area contributed by atoms with Crippen molar-refractivity contribution in [1.29, 1.82) is 0 Å². The molecule has 90 valence electrons. The summed E-state index contributed by atoms with van der Waals surface area (Å²) in [7, 11) is 1.63. The highest BCUT2D eigenvalue weighted by molar-refractivity contribution is 5.63. The van der Waals surface area contributed by atoms with Crippen molar-refractivity contribution < 1.29 is 4.92 Å². The SMILES string of the molecule is CCn1cc(Nc2nn(C)cc2[N+](=O)[O-])cn1. The fourth-order valence-electron chi connectivity index (χ4n) is 1.44. The molecule has 2 aromatic rings. The Labute approximate surface area is 97.0 Å². The minimum absolute atomic E-state index is 0.0586. The Balaban J connectivity index is 2.26. The zero-order chi connectivity index (χ0) is 12.4. The first-order valence-electron chi connectivity index (χ1n) is 5.07. The van der Waals surface area contributed by atoms with E-state index in [9.17, 15) is 10.1 Å². The molecule has 0 fully saturated rings. The van der Waals surface area contributed by atoms with E-state index in [0.717, 1.165) is 6.54 Å². The van der Waals surface area contributed by atoms with Crippen LogP contribution < -0.4 is 5.32 Å². The van der Waals surface area contributed by atoms with E-state index in [4.69, 9.17) is 0 Å². The predicted octanol–water partition coefficient (Wildman–Crippen LogP) is 1.29. The van der Waals surface area contributed by atoms with Crippen LogP contribution in [-0.2, 0) is 13.6 Å². The number of anilines is 2. The van der Waals surface area contributed by atoms with Gasteiger partial charge in [-0.1, -0.05) is 0 Å². The van der Waals surface area contributed by atoms with E-state index in [0.29, 0.717) is 5.69 Å². The number of nitrogens with one attached hydrogen (secondary N) is 1. The molecule has 0 aliphatic carbocycles. The van der Waals surface area contributed by atoms with E-state index < -0.39 is 4.92 Å². The van der Waals surface area contributed by atoms with Crippen molar-refractivity contribution in [3.05, 3.63) is 28.7 Å². The lowest BCUT2D eigenvalue weighted by atomic mass is 10.5. The van der Waals surface area contributed by atoms with Crippen molar-refractivity contribution >= 4 is 17.2 Å². The third kappa shape index (κ3) is 2.25. The maximum absolute atomic E-state index is 10.8. The lowest BCUT2D eigenvalue weighted by Crippen LogP contribution is -1.96. The van der Waals surface area contributed by atoms with Crippen LogP contribution in [0.2, 0.25) is 0 Å². The minimum atomic E-state index is -0.473. The van der Waals surface area contributed by atoms with Gasteiger partial charge in [0.05, 0.1) is 16.8 Å². The summed E-state index contributed by atoms with van der Waals surface area (Å²) < 4.78 is 3.11. The summed E-state index contributed by atoms with van der Waals surface area (Å²) in [4.78, 5) is 10.3. The van der Waals surface area contributed by atoms with Crippen LogP contribution in [-0.4, -0.2) is 24.5 Å². The van der Waals surface area contributed by atoms with E-state index in [-0.39, 0.29) is 11.5 Å². The molecular formula is C9H12N6O2. The van der Waals surface area contributed by atoms with Gasteiger partial charge in [-0.15, -0.1) is 5.10 Å². The average molecular weight is 236 g/mol. The Hall–Kier alpha value is -2.38. The second kappa shape index (κ2) is 4.24. The van der Waals surface area contributed by atoms with Crippen molar-refractivity contribution in [2.75, 3.05) is 5.32 Å². The quantitative estimate of drug-likeness (QED) is 0.638. The van der Waals surface area contributed by atoms with Crippen LogP contribution >= 0.6 is 0 Å². The van der Waals surface area contributed by atoms with Gasteiger partial charge in [-0.25, -0.2) is 0 Å². The fourth-order valence-corrected chi connectivity index (χ4v) is 1.44. The second-order valence-electron chi connectivity index (χ2n) is 3.50. The van der Waals surface area contributed by atoms with Gasteiger partial charge >= 0.3 is 5.69 Å². The van der Waals surface area contributed by atoms with Crippen LogP contribution in [0.15, 0.2) is 18.6 Å². The zero-order valence-corrected chi connectivity index (χ0v) is 9.49. The molecule has 17 heavy (non-hydrogen) atoms. The van der Waals surface area contributed by atoms with Crippen LogP contribution in [0.4, 0.5) is 17.2 Å². The molecule has 0 aromatic carbocycles. The lowest BCUT2D eigenvalue weighted by Gasteiger charge is -1.97. The van der Waals surface area contributed by atoms with Gasteiger partial charge < -0.3 is 5.32 Å². The molecule has 0 saturated carbocycles. The van der Waals surface area contributed by atoms with Gasteiger partial charge in [0.2, 0.25) is 5.82 Å². The number of hydrogen-bond acceptors (Lipinski definition) is 5. The summed E-state index contributed by atoms with van der Waals surface area (Å²) in [6, 6.07) is 0. The maximum Gasteiger partial charge on any atom is 0.331 e. The molecule has 0 radical (unpaired) electrons. The molecule has 0 saturated heterocycles. The number of hydrogen-bond donors (Lipinski definition) is 1. The molecule has 0 spiro atoms. The summed E-state index contributed by atoms with van der Waals surface area (Å²) in [5.41, 5.74) is 0.616. The van der Waals surface area contributed by atoms with Crippen LogP contribution in [0.25, 0.3) is 0 Å². The summed E-state index contributed by atoms with van der Waals surface area (Å²) >= 11 is 0. The highest BCUT2D eigenvalue weighted by atomic mass is 16.6. The first-order chi connectivity index (χ1) is 8.10. The van der Waals surface area contributed by atoms with Crippen molar-refractivity contribution in [2.24, 2.45) is 7.05 Å². The Morgan fingerprint density at radius 2 is 2.29 bits per heavy atom. The summed E-state index contributed by atoms with van der Waals surface area (Å²) in [6.07, 6.45) is 4.72. The Morgan fingerprint density at radius 3 is 2.88 bits per heavy atom. The predicted molar refractivity (Wildman–Crippen MR) is 61.0 cm³/mol. The molecule has 8 heteroatoms. The van der Waals surface area contributed by atoms with Crippen LogP contribution in [0.3, 0.4) is 0 Å². The normalized spacial score (nSPS) is 10.5. The molecule has 8 nitrogen and oxygen atoms in total. The molecule has 0 unspecified atom stereocenters. The maximum atomic E-state index is 10.8. The van der Waals surface area contributed by atoms with E-state index in [1.165, 1.54) is 10.9 Å². The van der Waals surface area contributed by atoms with Crippen LogP contribution in [0.1, 0.15) is 6.92 Å². The summed E-state index contributed by atoms with van der Waals surface area (Å²) in [5, 5.41) is 21.7. The molecule has 0 aliphatic rings. The molecular weight excluding hydrogens is 224 g/mol. The van der Waals surface area contributed by atoms with Gasteiger partial charge in [0.25, 0.3) is 0 Å². The Kier molecular flexibility index (Phi) is 2.77. The fraction of sp³-hybridized carbons (Fsp3) is 0.333. The topological polar surface area (TPSA) is 90.8 Å². The highest BCUT2D eigenvalue weighted by Gasteiger charge is 2.18. The Bertz CT molecular complexity index is 543. The smallest absolute Gasteiger partial charge is 0.330 e. The average Bonchev–Trinajstić information content (AvgIpc) is 2.85. The highest BCUT2D eigenvalue weighted by Crippen LogP contribution is 2.24. The lowest BCUT2D eigenvalue weighted by molar-refractivity contribution is -0.384. The molecule has 0 atom stereocenters. The molecule has 2 heterocycles. The number of nitrogens with zero attached hydrogens (tertiary/aromatic N) is 5. The number of rotatable bonds is 4. The number of aromatic nitrogens is 4. The van der Waals surface area contributed by atoms with Gasteiger partial charge in [0, 0.05) is 19.8 Å². The van der Waals surface area contributed by atoms with E-state index in [2.05, 4.69) is 15.5 Å². The second-order valence-corrected chi connectivity index (χ2v) is 3.50. The zero-order valence-electron chi connectivity index (χ0n) is 9.49. The first kappa shape index (κ1) is 11.1. The summed E-state index contributed by atoms with van der Waals surface area (Å²) in [6.45, 7) is 2.70. The summed E-state index contributed by atoms with van der Waals surface area (Å²) in [5.74, 6) is 0.216. The third-order valence-corrected chi connectivity index (χ3v) is 2.23. The van der Waals surface area contributed by atoms with Crippen molar-refractivity contribution in [3.8, 4) is 0 Å². The van der Waals surface area contributed by atoms with Gasteiger partial charge in [0.1, 0.15) is 6.20 Å². The van der Waals surface area contributed by atoms with Crippen molar-refractivity contribution in [2.45, 2.75) is 13.5 Å². The van der Waals surface area contributed by atoms with Gasteiger partial charge in [0.15, 0.2) is 0 Å². The molecule has 2 aromatic heterocycles. The Morgan fingerprint density at radius 1 is 1.53 bits per heavy atom.